The van der Waals surface area contributed by atoms with Gasteiger partial charge in [-0.2, -0.15) is 5.10 Å². The number of hydrogen-bond donors (Lipinski definition) is 0. The topological polar surface area (TPSA) is 69.9 Å². The van der Waals surface area contributed by atoms with E-state index in [2.05, 4.69) is 15.1 Å². The summed E-state index contributed by atoms with van der Waals surface area (Å²) < 4.78 is 21.1. The molecule has 1 unspecified atom stereocenters. The van der Waals surface area contributed by atoms with E-state index >= 15 is 0 Å². The molecule has 0 radical (unpaired) electrons. The molecule has 118 valence electrons. The fourth-order valence-corrected chi connectivity index (χ4v) is 2.19. The van der Waals surface area contributed by atoms with Crippen molar-refractivity contribution in [3.63, 3.8) is 0 Å². The summed E-state index contributed by atoms with van der Waals surface area (Å²) in [7, 11) is 0. The number of aryl methyl sites for hydroxylation is 1. The number of esters is 1. The standard InChI is InChI=1S/C16H15FN4O2/c1-11(3-8-21-7-2-4-20-21)23-16(22)12-9-14-15(10-13(12)17)19-6-5-18-14/h2,4-7,9-11H,3,8H2,1H3. The molecule has 0 saturated heterocycles. The Labute approximate surface area is 131 Å². The Balaban J connectivity index is 1.68. The smallest absolute Gasteiger partial charge is 0.341 e. The van der Waals surface area contributed by atoms with Crippen LogP contribution in [0.25, 0.3) is 11.0 Å². The molecule has 7 heteroatoms. The molecule has 0 aliphatic heterocycles. The van der Waals surface area contributed by atoms with E-state index in [1.54, 1.807) is 17.8 Å². The average molecular weight is 314 g/mol. The van der Waals surface area contributed by atoms with Gasteiger partial charge in [-0.15, -0.1) is 0 Å². The third kappa shape index (κ3) is 3.50. The third-order valence-electron chi connectivity index (χ3n) is 3.41. The Kier molecular flexibility index (Phi) is 4.27. The normalized spacial score (nSPS) is 12.3. The first-order chi connectivity index (χ1) is 11.1. The van der Waals surface area contributed by atoms with Gasteiger partial charge in [-0.1, -0.05) is 0 Å². The van der Waals surface area contributed by atoms with Crippen LogP contribution in [-0.4, -0.2) is 31.8 Å². The number of halogens is 1. The van der Waals surface area contributed by atoms with Crippen LogP contribution in [0, 0.1) is 5.82 Å². The highest BCUT2D eigenvalue weighted by Crippen LogP contribution is 2.17. The molecule has 0 aliphatic carbocycles. The van der Waals surface area contributed by atoms with Crippen molar-refractivity contribution in [2.24, 2.45) is 0 Å². The minimum atomic E-state index is -0.706. The van der Waals surface area contributed by atoms with Gasteiger partial charge in [-0.05, 0) is 19.1 Å². The van der Waals surface area contributed by atoms with Crippen molar-refractivity contribution < 1.29 is 13.9 Å². The number of fused-ring (bicyclic) bond motifs is 1. The lowest BCUT2D eigenvalue weighted by atomic mass is 10.1. The molecule has 3 aromatic rings. The predicted octanol–water partition coefficient (Wildman–Crippen LogP) is 2.60. The number of aromatic nitrogens is 4. The maximum absolute atomic E-state index is 14.0. The summed E-state index contributed by atoms with van der Waals surface area (Å²) in [5, 5.41) is 4.07. The quantitative estimate of drug-likeness (QED) is 0.677. The van der Waals surface area contributed by atoms with Gasteiger partial charge in [0.05, 0.1) is 16.6 Å². The molecule has 0 aliphatic rings. The number of benzene rings is 1. The van der Waals surface area contributed by atoms with E-state index in [1.165, 1.54) is 24.5 Å². The SMILES string of the molecule is CC(CCn1cccn1)OC(=O)c1cc2nccnc2cc1F. The van der Waals surface area contributed by atoms with Crippen LogP contribution < -0.4 is 0 Å². The molecule has 2 heterocycles. The van der Waals surface area contributed by atoms with Crippen LogP contribution in [0.5, 0.6) is 0 Å². The molecular formula is C16H15FN4O2. The zero-order valence-electron chi connectivity index (χ0n) is 12.5. The van der Waals surface area contributed by atoms with Crippen LogP contribution in [0.2, 0.25) is 0 Å². The third-order valence-corrected chi connectivity index (χ3v) is 3.41. The van der Waals surface area contributed by atoms with Gasteiger partial charge in [0, 0.05) is 43.8 Å². The van der Waals surface area contributed by atoms with E-state index in [-0.39, 0.29) is 11.7 Å². The number of hydrogen-bond acceptors (Lipinski definition) is 5. The van der Waals surface area contributed by atoms with Gasteiger partial charge in [-0.3, -0.25) is 14.6 Å². The zero-order valence-corrected chi connectivity index (χ0v) is 12.5. The highest BCUT2D eigenvalue weighted by Gasteiger charge is 2.18. The summed E-state index contributed by atoms with van der Waals surface area (Å²) in [5.41, 5.74) is 0.710. The minimum absolute atomic E-state index is 0.135. The van der Waals surface area contributed by atoms with E-state index in [0.29, 0.717) is 24.0 Å². The lowest BCUT2D eigenvalue weighted by molar-refractivity contribution is 0.0309. The van der Waals surface area contributed by atoms with Gasteiger partial charge in [0.15, 0.2) is 0 Å². The molecule has 0 fully saturated rings. The molecule has 1 atom stereocenters. The number of carbonyl (C=O) groups is 1. The molecule has 0 amide bonds. The molecule has 6 nitrogen and oxygen atoms in total. The van der Waals surface area contributed by atoms with Crippen LogP contribution in [0.4, 0.5) is 4.39 Å². The average Bonchev–Trinajstić information content (AvgIpc) is 3.05. The fraction of sp³-hybridized carbons (Fsp3) is 0.250. The summed E-state index contributed by atoms with van der Waals surface area (Å²) in [5.74, 6) is -1.37. The molecule has 3 rings (SSSR count). The van der Waals surface area contributed by atoms with Gasteiger partial charge in [0.1, 0.15) is 11.9 Å². The maximum Gasteiger partial charge on any atom is 0.341 e. The van der Waals surface area contributed by atoms with E-state index in [1.807, 2.05) is 12.3 Å². The second kappa shape index (κ2) is 6.51. The van der Waals surface area contributed by atoms with Crippen molar-refractivity contribution in [3.05, 3.63) is 54.4 Å². The Bertz CT molecular complexity index is 820. The highest BCUT2D eigenvalue weighted by molar-refractivity contribution is 5.93. The first-order valence-corrected chi connectivity index (χ1v) is 7.22. The highest BCUT2D eigenvalue weighted by atomic mass is 19.1. The van der Waals surface area contributed by atoms with Crippen molar-refractivity contribution in [2.75, 3.05) is 0 Å². The summed E-state index contributed by atoms with van der Waals surface area (Å²) in [6.45, 7) is 2.38. The van der Waals surface area contributed by atoms with Gasteiger partial charge in [0.2, 0.25) is 0 Å². The van der Waals surface area contributed by atoms with Crippen LogP contribution >= 0.6 is 0 Å². The summed E-state index contributed by atoms with van der Waals surface area (Å²) in [6, 6.07) is 4.37. The van der Waals surface area contributed by atoms with Crippen LogP contribution in [0.1, 0.15) is 23.7 Å². The van der Waals surface area contributed by atoms with Gasteiger partial charge < -0.3 is 4.74 Å². The Morgan fingerprint density at radius 1 is 1.26 bits per heavy atom. The van der Waals surface area contributed by atoms with Crippen molar-refractivity contribution in [3.8, 4) is 0 Å². The predicted molar refractivity (Wildman–Crippen MR) is 81.2 cm³/mol. The van der Waals surface area contributed by atoms with E-state index in [0.717, 1.165) is 0 Å². The zero-order chi connectivity index (χ0) is 16.2. The number of ether oxygens (including phenoxy) is 1. The van der Waals surface area contributed by atoms with E-state index in [9.17, 15) is 9.18 Å². The summed E-state index contributed by atoms with van der Waals surface area (Å²) >= 11 is 0. The maximum atomic E-state index is 14.0. The Morgan fingerprint density at radius 3 is 2.70 bits per heavy atom. The first-order valence-electron chi connectivity index (χ1n) is 7.22. The van der Waals surface area contributed by atoms with Gasteiger partial charge in [-0.25, -0.2) is 9.18 Å². The molecule has 0 saturated carbocycles. The number of rotatable bonds is 5. The monoisotopic (exact) mass is 314 g/mol. The molecular weight excluding hydrogens is 299 g/mol. The fourth-order valence-electron chi connectivity index (χ4n) is 2.19. The minimum Gasteiger partial charge on any atom is -0.459 e. The number of nitrogens with zero attached hydrogens (tertiary/aromatic N) is 4. The van der Waals surface area contributed by atoms with Crippen molar-refractivity contribution >= 4 is 17.0 Å². The molecule has 2 aromatic heterocycles. The lowest BCUT2D eigenvalue weighted by Gasteiger charge is -2.13. The molecule has 0 spiro atoms. The summed E-state index contributed by atoms with van der Waals surface area (Å²) in [4.78, 5) is 20.2. The Hall–Kier alpha value is -2.83. The van der Waals surface area contributed by atoms with Gasteiger partial charge >= 0.3 is 5.97 Å². The van der Waals surface area contributed by atoms with E-state index in [4.69, 9.17) is 4.74 Å². The molecule has 0 bridgehead atoms. The summed E-state index contributed by atoms with van der Waals surface area (Å²) in [6.07, 6.45) is 6.70. The van der Waals surface area contributed by atoms with Crippen LogP contribution in [0.15, 0.2) is 43.0 Å². The molecule has 23 heavy (non-hydrogen) atoms. The van der Waals surface area contributed by atoms with Crippen molar-refractivity contribution in [1.29, 1.82) is 0 Å². The van der Waals surface area contributed by atoms with E-state index < -0.39 is 11.8 Å². The number of carbonyl (C=O) groups excluding carboxylic acids is 1. The second-order valence-electron chi connectivity index (χ2n) is 5.15. The molecule has 1 aromatic carbocycles. The van der Waals surface area contributed by atoms with Crippen LogP contribution in [0.3, 0.4) is 0 Å². The first kappa shape index (κ1) is 15.1. The van der Waals surface area contributed by atoms with Crippen LogP contribution in [-0.2, 0) is 11.3 Å². The lowest BCUT2D eigenvalue weighted by Crippen LogP contribution is -2.18. The van der Waals surface area contributed by atoms with Crippen molar-refractivity contribution in [1.82, 2.24) is 19.7 Å². The Morgan fingerprint density at radius 2 is 2.00 bits per heavy atom. The largest absolute Gasteiger partial charge is 0.459 e. The molecule has 0 N–H and O–H groups in total. The van der Waals surface area contributed by atoms with Gasteiger partial charge in [0.25, 0.3) is 0 Å². The second-order valence-corrected chi connectivity index (χ2v) is 5.15. The van der Waals surface area contributed by atoms with Crippen molar-refractivity contribution in [2.45, 2.75) is 26.0 Å².